The van der Waals surface area contributed by atoms with Crippen molar-refractivity contribution in [2.75, 3.05) is 19.6 Å². The normalized spacial score (nSPS) is 23.7. The van der Waals surface area contributed by atoms with Crippen LogP contribution in [0.2, 0.25) is 0 Å². The molecular weight excluding hydrogens is 162 g/mol. The summed E-state index contributed by atoms with van der Waals surface area (Å²) in [6.07, 6.45) is 4.73. The van der Waals surface area contributed by atoms with Crippen molar-refractivity contribution < 1.29 is 4.79 Å². The third-order valence-electron chi connectivity index (χ3n) is 2.85. The first-order chi connectivity index (χ1) is 6.22. The van der Waals surface area contributed by atoms with E-state index in [1.54, 1.807) is 6.92 Å². The zero-order chi connectivity index (χ0) is 9.68. The molecule has 1 heterocycles. The van der Waals surface area contributed by atoms with Crippen molar-refractivity contribution >= 4 is 5.78 Å². The van der Waals surface area contributed by atoms with Gasteiger partial charge in [-0.15, -0.1) is 0 Å². The Morgan fingerprint density at radius 3 is 2.92 bits per heavy atom. The van der Waals surface area contributed by atoms with Crippen molar-refractivity contribution in [2.45, 2.75) is 39.5 Å². The lowest BCUT2D eigenvalue weighted by Gasteiger charge is -2.14. The molecule has 1 aliphatic rings. The zero-order valence-corrected chi connectivity index (χ0v) is 8.88. The van der Waals surface area contributed by atoms with E-state index in [1.165, 1.54) is 32.4 Å². The van der Waals surface area contributed by atoms with Gasteiger partial charge in [-0.25, -0.2) is 0 Å². The number of likely N-dealkylation sites (tertiary alicyclic amines) is 1. The molecular formula is C11H21NO. The van der Waals surface area contributed by atoms with Gasteiger partial charge in [0.2, 0.25) is 0 Å². The van der Waals surface area contributed by atoms with E-state index >= 15 is 0 Å². The Bertz CT molecular complexity index is 167. The van der Waals surface area contributed by atoms with E-state index in [4.69, 9.17) is 0 Å². The number of rotatable bonds is 5. The van der Waals surface area contributed by atoms with Crippen LogP contribution in [-0.2, 0) is 4.79 Å². The van der Waals surface area contributed by atoms with Crippen LogP contribution in [0.25, 0.3) is 0 Å². The van der Waals surface area contributed by atoms with Gasteiger partial charge in [-0.05, 0) is 32.2 Å². The van der Waals surface area contributed by atoms with Gasteiger partial charge in [0.1, 0.15) is 5.78 Å². The van der Waals surface area contributed by atoms with Crippen LogP contribution in [0.3, 0.4) is 0 Å². The van der Waals surface area contributed by atoms with E-state index in [0.29, 0.717) is 5.78 Å². The molecule has 2 nitrogen and oxygen atoms in total. The molecule has 0 radical (unpaired) electrons. The van der Waals surface area contributed by atoms with Gasteiger partial charge in [0.25, 0.3) is 0 Å². The predicted molar refractivity (Wildman–Crippen MR) is 54.8 cm³/mol. The highest BCUT2D eigenvalue weighted by molar-refractivity contribution is 5.75. The standard InChI is InChI=1S/C11H21NO/c1-3-4-11-6-8-12(9-11)7-5-10(2)13/h11H,3-9H2,1-2H3. The van der Waals surface area contributed by atoms with Gasteiger partial charge in [0.05, 0.1) is 0 Å². The molecule has 1 aliphatic heterocycles. The van der Waals surface area contributed by atoms with Crippen LogP contribution in [0.15, 0.2) is 0 Å². The first-order valence-corrected chi connectivity index (χ1v) is 5.44. The molecule has 0 N–H and O–H groups in total. The molecule has 76 valence electrons. The Hall–Kier alpha value is -0.370. The summed E-state index contributed by atoms with van der Waals surface area (Å²) in [5.74, 6) is 1.22. The average Bonchev–Trinajstić information content (AvgIpc) is 2.50. The zero-order valence-electron chi connectivity index (χ0n) is 8.88. The largest absolute Gasteiger partial charge is 0.303 e. The molecule has 0 aromatic carbocycles. The number of hydrogen-bond acceptors (Lipinski definition) is 2. The van der Waals surface area contributed by atoms with Crippen molar-refractivity contribution in [1.82, 2.24) is 4.90 Å². The SMILES string of the molecule is CCCC1CCN(CCC(C)=O)C1. The summed E-state index contributed by atoms with van der Waals surface area (Å²) in [6, 6.07) is 0. The van der Waals surface area contributed by atoms with Crippen molar-refractivity contribution in [1.29, 1.82) is 0 Å². The van der Waals surface area contributed by atoms with Gasteiger partial charge >= 0.3 is 0 Å². The van der Waals surface area contributed by atoms with E-state index in [-0.39, 0.29) is 0 Å². The topological polar surface area (TPSA) is 20.3 Å². The number of nitrogens with zero attached hydrogens (tertiary/aromatic N) is 1. The highest BCUT2D eigenvalue weighted by atomic mass is 16.1. The van der Waals surface area contributed by atoms with Crippen LogP contribution in [0.1, 0.15) is 39.5 Å². The van der Waals surface area contributed by atoms with Crippen LogP contribution < -0.4 is 0 Å². The summed E-state index contributed by atoms with van der Waals surface area (Å²) in [5.41, 5.74) is 0. The second-order valence-electron chi connectivity index (χ2n) is 4.20. The summed E-state index contributed by atoms with van der Waals surface area (Å²) in [7, 11) is 0. The monoisotopic (exact) mass is 183 g/mol. The Labute approximate surface area is 81.3 Å². The van der Waals surface area contributed by atoms with E-state index in [0.717, 1.165) is 18.9 Å². The van der Waals surface area contributed by atoms with E-state index < -0.39 is 0 Å². The van der Waals surface area contributed by atoms with Crippen LogP contribution >= 0.6 is 0 Å². The van der Waals surface area contributed by atoms with Gasteiger partial charge in [-0.1, -0.05) is 13.3 Å². The lowest BCUT2D eigenvalue weighted by Crippen LogP contribution is -2.23. The first kappa shape index (κ1) is 10.7. The second-order valence-corrected chi connectivity index (χ2v) is 4.20. The smallest absolute Gasteiger partial charge is 0.131 e. The second kappa shape index (κ2) is 5.38. The fourth-order valence-electron chi connectivity index (χ4n) is 2.08. The number of carbonyl (C=O) groups is 1. The minimum Gasteiger partial charge on any atom is -0.303 e. The predicted octanol–water partition coefficient (Wildman–Crippen LogP) is 2.09. The molecule has 0 saturated carbocycles. The molecule has 0 bridgehead atoms. The molecule has 1 atom stereocenters. The van der Waals surface area contributed by atoms with Crippen LogP contribution in [0.5, 0.6) is 0 Å². The Balaban J connectivity index is 2.13. The molecule has 0 aromatic heterocycles. The third kappa shape index (κ3) is 3.90. The van der Waals surface area contributed by atoms with Gasteiger partial charge in [-0.3, -0.25) is 4.79 Å². The van der Waals surface area contributed by atoms with E-state index in [9.17, 15) is 4.79 Å². The Morgan fingerprint density at radius 1 is 1.54 bits per heavy atom. The Morgan fingerprint density at radius 2 is 2.31 bits per heavy atom. The highest BCUT2D eigenvalue weighted by Gasteiger charge is 2.20. The van der Waals surface area contributed by atoms with Crippen LogP contribution in [0, 0.1) is 5.92 Å². The molecule has 0 aromatic rings. The lowest BCUT2D eigenvalue weighted by molar-refractivity contribution is -0.117. The minimum atomic E-state index is 0.318. The summed E-state index contributed by atoms with van der Waals surface area (Å²) in [6.45, 7) is 7.34. The third-order valence-corrected chi connectivity index (χ3v) is 2.85. The minimum absolute atomic E-state index is 0.318. The fourth-order valence-corrected chi connectivity index (χ4v) is 2.08. The molecule has 0 amide bonds. The fraction of sp³-hybridized carbons (Fsp3) is 0.909. The maximum atomic E-state index is 10.8. The quantitative estimate of drug-likeness (QED) is 0.650. The van der Waals surface area contributed by atoms with Crippen LogP contribution in [0.4, 0.5) is 0 Å². The number of hydrogen-bond donors (Lipinski definition) is 0. The summed E-state index contributed by atoms with van der Waals surface area (Å²) in [5, 5.41) is 0. The van der Waals surface area contributed by atoms with Gasteiger partial charge in [0.15, 0.2) is 0 Å². The average molecular weight is 183 g/mol. The summed E-state index contributed by atoms with van der Waals surface area (Å²) >= 11 is 0. The van der Waals surface area contributed by atoms with Crippen LogP contribution in [-0.4, -0.2) is 30.3 Å². The van der Waals surface area contributed by atoms with Gasteiger partial charge in [-0.2, -0.15) is 0 Å². The van der Waals surface area contributed by atoms with Gasteiger partial charge < -0.3 is 4.90 Å². The molecule has 1 saturated heterocycles. The number of Topliss-reactive ketones (excluding diaryl/α,β-unsaturated/α-hetero) is 1. The Kier molecular flexibility index (Phi) is 4.43. The van der Waals surface area contributed by atoms with Gasteiger partial charge in [0, 0.05) is 19.5 Å². The molecule has 2 heteroatoms. The lowest BCUT2D eigenvalue weighted by atomic mass is 10.0. The van der Waals surface area contributed by atoms with E-state index in [1.807, 2.05) is 0 Å². The number of ketones is 1. The molecule has 1 rings (SSSR count). The molecule has 0 spiro atoms. The van der Waals surface area contributed by atoms with Crippen molar-refractivity contribution in [3.63, 3.8) is 0 Å². The first-order valence-electron chi connectivity index (χ1n) is 5.44. The maximum absolute atomic E-state index is 10.8. The maximum Gasteiger partial charge on any atom is 0.131 e. The van der Waals surface area contributed by atoms with Crippen molar-refractivity contribution in [3.8, 4) is 0 Å². The molecule has 13 heavy (non-hydrogen) atoms. The highest BCUT2D eigenvalue weighted by Crippen LogP contribution is 2.20. The molecule has 0 aliphatic carbocycles. The van der Waals surface area contributed by atoms with Crippen molar-refractivity contribution in [3.05, 3.63) is 0 Å². The van der Waals surface area contributed by atoms with E-state index in [2.05, 4.69) is 11.8 Å². The summed E-state index contributed by atoms with van der Waals surface area (Å²) < 4.78 is 0. The summed E-state index contributed by atoms with van der Waals surface area (Å²) in [4.78, 5) is 13.2. The molecule has 1 unspecified atom stereocenters. The molecule has 1 fully saturated rings. The number of carbonyl (C=O) groups excluding carboxylic acids is 1. The van der Waals surface area contributed by atoms with Crippen molar-refractivity contribution in [2.24, 2.45) is 5.92 Å².